The zero-order valence-electron chi connectivity index (χ0n) is 12.4. The number of aromatic nitrogens is 1. The lowest BCUT2D eigenvalue weighted by Gasteiger charge is -2.08. The fraction of sp³-hybridized carbons (Fsp3) is 0.118. The van der Waals surface area contributed by atoms with Gasteiger partial charge in [0.1, 0.15) is 0 Å². The van der Waals surface area contributed by atoms with Crippen LogP contribution in [0.15, 0.2) is 53.9 Å². The molecule has 0 fully saturated rings. The van der Waals surface area contributed by atoms with Crippen LogP contribution in [0.25, 0.3) is 11.3 Å². The van der Waals surface area contributed by atoms with Crippen LogP contribution in [0.1, 0.15) is 0 Å². The molecule has 3 aromatic rings. The predicted molar refractivity (Wildman–Crippen MR) is 90.4 cm³/mol. The molecule has 0 saturated carbocycles. The first-order valence-corrected chi connectivity index (χ1v) is 7.68. The van der Waals surface area contributed by atoms with Gasteiger partial charge in [-0.2, -0.15) is 0 Å². The normalized spacial score (nSPS) is 10.3. The van der Waals surface area contributed by atoms with E-state index in [1.54, 1.807) is 25.6 Å². The summed E-state index contributed by atoms with van der Waals surface area (Å²) in [6.07, 6.45) is 0. The molecular weight excluding hydrogens is 296 g/mol. The van der Waals surface area contributed by atoms with Gasteiger partial charge in [-0.3, -0.25) is 0 Å². The summed E-state index contributed by atoms with van der Waals surface area (Å²) in [4.78, 5) is 4.62. The molecular formula is C17H16N2O2S. The van der Waals surface area contributed by atoms with E-state index in [9.17, 15) is 0 Å². The average molecular weight is 312 g/mol. The quantitative estimate of drug-likeness (QED) is 0.749. The molecule has 0 aliphatic carbocycles. The van der Waals surface area contributed by atoms with Crippen molar-refractivity contribution < 1.29 is 9.47 Å². The second kappa shape index (κ2) is 6.49. The molecule has 5 heteroatoms. The summed E-state index contributed by atoms with van der Waals surface area (Å²) < 4.78 is 10.6. The van der Waals surface area contributed by atoms with E-state index in [-0.39, 0.29) is 0 Å². The number of anilines is 2. The van der Waals surface area contributed by atoms with Gasteiger partial charge in [-0.1, -0.05) is 18.2 Å². The molecule has 1 aromatic heterocycles. The van der Waals surface area contributed by atoms with E-state index in [0.29, 0.717) is 11.5 Å². The van der Waals surface area contributed by atoms with E-state index >= 15 is 0 Å². The molecule has 0 unspecified atom stereocenters. The van der Waals surface area contributed by atoms with Crippen LogP contribution in [0.3, 0.4) is 0 Å². The van der Waals surface area contributed by atoms with E-state index in [4.69, 9.17) is 9.47 Å². The van der Waals surface area contributed by atoms with Gasteiger partial charge in [0.25, 0.3) is 0 Å². The van der Waals surface area contributed by atoms with Crippen LogP contribution in [0.5, 0.6) is 11.5 Å². The van der Waals surface area contributed by atoms with Gasteiger partial charge in [-0.05, 0) is 30.3 Å². The average Bonchev–Trinajstić information content (AvgIpc) is 3.03. The summed E-state index contributed by atoms with van der Waals surface area (Å²) in [5, 5.41) is 6.17. The molecule has 112 valence electrons. The largest absolute Gasteiger partial charge is 0.493 e. The molecule has 1 N–H and O–H groups in total. The second-order valence-corrected chi connectivity index (χ2v) is 5.46. The highest BCUT2D eigenvalue weighted by molar-refractivity contribution is 7.14. The Bertz CT molecular complexity index is 756. The summed E-state index contributed by atoms with van der Waals surface area (Å²) >= 11 is 1.57. The zero-order chi connectivity index (χ0) is 15.4. The van der Waals surface area contributed by atoms with Crippen molar-refractivity contribution in [2.24, 2.45) is 0 Å². The molecule has 1 heterocycles. The van der Waals surface area contributed by atoms with Crippen molar-refractivity contribution in [2.75, 3.05) is 19.5 Å². The van der Waals surface area contributed by atoms with Crippen molar-refractivity contribution in [3.63, 3.8) is 0 Å². The molecule has 2 aromatic carbocycles. The number of benzene rings is 2. The molecule has 4 nitrogen and oxygen atoms in total. The summed E-state index contributed by atoms with van der Waals surface area (Å²) in [5.74, 6) is 1.41. The standard InChI is InChI=1S/C17H16N2O2S/c1-20-15-9-8-12(10-16(15)21-2)14-11-22-17(19-14)18-13-6-4-3-5-7-13/h3-11H,1-2H3,(H,18,19). The van der Waals surface area contributed by atoms with Gasteiger partial charge in [-0.15, -0.1) is 11.3 Å². The van der Waals surface area contributed by atoms with Crippen LogP contribution in [0.2, 0.25) is 0 Å². The van der Waals surface area contributed by atoms with Gasteiger partial charge >= 0.3 is 0 Å². The van der Waals surface area contributed by atoms with Gasteiger partial charge in [0.15, 0.2) is 16.6 Å². The van der Waals surface area contributed by atoms with E-state index in [1.165, 1.54) is 0 Å². The van der Waals surface area contributed by atoms with Crippen LogP contribution in [0.4, 0.5) is 10.8 Å². The number of nitrogens with one attached hydrogen (secondary N) is 1. The molecule has 0 saturated heterocycles. The zero-order valence-corrected chi connectivity index (χ0v) is 13.2. The fourth-order valence-corrected chi connectivity index (χ4v) is 2.84. The Morgan fingerprint density at radius 3 is 2.45 bits per heavy atom. The number of methoxy groups -OCH3 is 2. The second-order valence-electron chi connectivity index (χ2n) is 4.60. The maximum absolute atomic E-state index is 5.34. The van der Waals surface area contributed by atoms with Crippen LogP contribution in [0, 0.1) is 0 Å². The highest BCUT2D eigenvalue weighted by Gasteiger charge is 2.09. The molecule has 0 amide bonds. The number of hydrogen-bond acceptors (Lipinski definition) is 5. The third kappa shape index (κ3) is 3.04. The first-order valence-electron chi connectivity index (χ1n) is 6.80. The van der Waals surface area contributed by atoms with Crippen molar-refractivity contribution in [2.45, 2.75) is 0 Å². The topological polar surface area (TPSA) is 43.4 Å². The molecule has 3 rings (SSSR count). The van der Waals surface area contributed by atoms with Gasteiger partial charge in [-0.25, -0.2) is 4.98 Å². The predicted octanol–water partition coefficient (Wildman–Crippen LogP) is 4.57. The number of rotatable bonds is 5. The summed E-state index contributed by atoms with van der Waals surface area (Å²) in [6.45, 7) is 0. The smallest absolute Gasteiger partial charge is 0.187 e. The minimum atomic E-state index is 0.700. The number of thiazole rings is 1. The molecule has 0 aliphatic heterocycles. The van der Waals surface area contributed by atoms with Crippen LogP contribution in [-0.4, -0.2) is 19.2 Å². The lowest BCUT2D eigenvalue weighted by atomic mass is 10.1. The van der Waals surface area contributed by atoms with Crippen molar-refractivity contribution in [3.8, 4) is 22.8 Å². The molecule has 0 bridgehead atoms. The number of hydrogen-bond donors (Lipinski definition) is 1. The minimum Gasteiger partial charge on any atom is -0.493 e. The first-order chi connectivity index (χ1) is 10.8. The monoisotopic (exact) mass is 312 g/mol. The van der Waals surface area contributed by atoms with E-state index in [1.807, 2.05) is 53.9 Å². The molecule has 22 heavy (non-hydrogen) atoms. The number of ether oxygens (including phenoxy) is 2. The Morgan fingerprint density at radius 1 is 0.955 bits per heavy atom. The summed E-state index contributed by atoms with van der Waals surface area (Å²) in [7, 11) is 3.26. The number of para-hydroxylation sites is 1. The summed E-state index contributed by atoms with van der Waals surface area (Å²) in [6, 6.07) is 15.8. The fourth-order valence-electron chi connectivity index (χ4n) is 2.10. The van der Waals surface area contributed by atoms with Gasteiger partial charge in [0.2, 0.25) is 0 Å². The molecule has 0 aliphatic rings. The highest BCUT2D eigenvalue weighted by Crippen LogP contribution is 2.33. The van der Waals surface area contributed by atoms with Crippen LogP contribution in [-0.2, 0) is 0 Å². The molecule has 0 atom stereocenters. The SMILES string of the molecule is COc1ccc(-c2csc(Nc3ccccc3)n2)cc1OC. The van der Waals surface area contributed by atoms with Crippen LogP contribution < -0.4 is 14.8 Å². The maximum Gasteiger partial charge on any atom is 0.187 e. The van der Waals surface area contributed by atoms with E-state index in [0.717, 1.165) is 22.1 Å². The Kier molecular flexibility index (Phi) is 4.25. The highest BCUT2D eigenvalue weighted by atomic mass is 32.1. The van der Waals surface area contributed by atoms with Crippen molar-refractivity contribution in [3.05, 3.63) is 53.9 Å². The maximum atomic E-state index is 5.34. The minimum absolute atomic E-state index is 0.700. The first kappa shape index (κ1) is 14.4. The third-order valence-electron chi connectivity index (χ3n) is 3.21. The van der Waals surface area contributed by atoms with Crippen molar-refractivity contribution in [1.29, 1.82) is 0 Å². The van der Waals surface area contributed by atoms with Gasteiger partial charge in [0, 0.05) is 16.6 Å². The number of nitrogens with zero attached hydrogens (tertiary/aromatic N) is 1. The summed E-state index contributed by atoms with van der Waals surface area (Å²) in [5.41, 5.74) is 2.93. The Morgan fingerprint density at radius 2 is 1.73 bits per heavy atom. The molecule has 0 radical (unpaired) electrons. The van der Waals surface area contributed by atoms with Crippen molar-refractivity contribution in [1.82, 2.24) is 4.98 Å². The van der Waals surface area contributed by atoms with Crippen molar-refractivity contribution >= 4 is 22.2 Å². The molecule has 0 spiro atoms. The van der Waals surface area contributed by atoms with E-state index in [2.05, 4.69) is 10.3 Å². The lowest BCUT2D eigenvalue weighted by molar-refractivity contribution is 0.355. The van der Waals surface area contributed by atoms with Gasteiger partial charge < -0.3 is 14.8 Å². The Labute approximate surface area is 133 Å². The Hall–Kier alpha value is -2.53. The van der Waals surface area contributed by atoms with Gasteiger partial charge in [0.05, 0.1) is 19.9 Å². The lowest BCUT2D eigenvalue weighted by Crippen LogP contribution is -1.91. The third-order valence-corrected chi connectivity index (χ3v) is 3.97. The Balaban J connectivity index is 1.84. The van der Waals surface area contributed by atoms with Crippen LogP contribution >= 0.6 is 11.3 Å². The van der Waals surface area contributed by atoms with E-state index < -0.39 is 0 Å².